The number of hydrogen-bond acceptors (Lipinski definition) is 38. The van der Waals surface area contributed by atoms with Crippen molar-refractivity contribution in [2.45, 2.75) is 347 Å². The molecule has 12 aliphatic rings. The number of guanidine groups is 1. The normalized spacial score (nSPS) is 50.8. The Balaban J connectivity index is 0.800. The Kier molecular flexibility index (Phi) is 28.2. The molecule has 0 aromatic carbocycles. The Morgan fingerprint density at radius 2 is 1.09 bits per heavy atom. The molecule has 7 heterocycles. The fourth-order valence-corrected chi connectivity index (χ4v) is 21.1. The zero-order valence-corrected chi connectivity index (χ0v) is 66.6. The Morgan fingerprint density at radius 1 is 0.538 bits per heavy atom. The van der Waals surface area contributed by atoms with E-state index in [0.29, 0.717) is 51.4 Å². The molecule has 0 aromatic heterocycles. The summed E-state index contributed by atoms with van der Waals surface area (Å²) in [5.74, 6) is -4.86. The number of esters is 2. The zero-order valence-electron chi connectivity index (χ0n) is 66.6. The lowest BCUT2D eigenvalue weighted by Crippen LogP contribution is -2.69. The van der Waals surface area contributed by atoms with E-state index in [9.17, 15) is 106 Å². The molecule has 4 saturated carbocycles. The monoisotopic (exact) mass is 1680 g/mol. The predicted octanol–water partition coefficient (Wildman–Crippen LogP) is -7.03. The number of nitrogens with zero attached hydrogens (tertiary/aromatic N) is 1. The number of carboxylic acid groups (broad SMARTS) is 1. The number of rotatable bonds is 24. The summed E-state index contributed by atoms with van der Waals surface area (Å²) in [5.41, 5.74) is 13.1. The predicted molar refractivity (Wildman–Crippen MR) is 389 cm³/mol. The number of hydrogen-bond donors (Lipinski definition) is 21. The number of carbonyl (C=O) groups excluding carboxylic acids is 3. The molecule has 41 heteroatoms. The number of aliphatic hydroxyl groups excluding tert-OH is 17. The SMILES string of the molecule is CC1OC(OC(=O)C23CCC(C)(C)CC2C2=CCC4C5(C)CCC(OC6OC(C(=O)O)C(O)C(OC7OCC(O)C(O)C7O)C6OC6OC(CO)C(O)C(O)C6O)C(C)(C=O)C5CCC4(C)C2(C)CC3)C(OC2OC(C)C(OC3OCC(O)C(O)C3O)C(OC3OC(CO)C(O)C(OC(=O)C(N)CCCN=C(N)N)C3O)C2O)C(O)C1O. The van der Waals surface area contributed by atoms with Crippen molar-refractivity contribution in [1.29, 1.82) is 0 Å². The minimum Gasteiger partial charge on any atom is -0.479 e. The molecule has 7 saturated heterocycles. The smallest absolute Gasteiger partial charge is 0.335 e. The zero-order chi connectivity index (χ0) is 85.6. The van der Waals surface area contributed by atoms with Crippen LogP contribution in [-0.4, -0.2) is 370 Å². The van der Waals surface area contributed by atoms with Crippen molar-refractivity contribution in [2.24, 2.45) is 72.4 Å². The lowest BCUT2D eigenvalue weighted by molar-refractivity contribution is -0.394. The van der Waals surface area contributed by atoms with Gasteiger partial charge < -0.3 is 185 Å². The first-order chi connectivity index (χ1) is 55.0. The van der Waals surface area contributed by atoms with Gasteiger partial charge in [-0.25, -0.2) is 4.79 Å². The van der Waals surface area contributed by atoms with Gasteiger partial charge in [0, 0.05) is 6.54 Å². The van der Waals surface area contributed by atoms with Crippen LogP contribution in [-0.2, 0) is 90.2 Å². The lowest BCUT2D eigenvalue weighted by Gasteiger charge is -2.71. The van der Waals surface area contributed by atoms with Crippen LogP contribution in [0.3, 0.4) is 0 Å². The number of aliphatic carboxylic acids is 1. The van der Waals surface area contributed by atoms with E-state index >= 15 is 4.79 Å². The number of carboxylic acids is 1. The van der Waals surface area contributed by atoms with E-state index in [1.54, 1.807) is 6.92 Å². The van der Waals surface area contributed by atoms with Gasteiger partial charge in [-0.3, -0.25) is 14.6 Å². The van der Waals surface area contributed by atoms with Crippen LogP contribution >= 0.6 is 0 Å². The summed E-state index contributed by atoms with van der Waals surface area (Å²) in [7, 11) is 0. The number of allylic oxidation sites excluding steroid dienone is 2. The first-order valence-electron chi connectivity index (χ1n) is 40.4. The molecule has 12 rings (SSSR count). The minimum atomic E-state index is -2.23. The van der Waals surface area contributed by atoms with E-state index in [4.69, 9.17) is 88.3 Å². The average molecular weight is 1680 g/mol. The second kappa shape index (κ2) is 35.8. The molecule has 0 amide bonds. The van der Waals surface area contributed by atoms with Crippen LogP contribution in [0.2, 0.25) is 0 Å². The average Bonchev–Trinajstić information content (AvgIpc) is 0.673. The summed E-state index contributed by atoms with van der Waals surface area (Å²) in [6.45, 7) is 12.5. The van der Waals surface area contributed by atoms with Crippen LogP contribution in [0, 0.1) is 50.2 Å². The highest BCUT2D eigenvalue weighted by Crippen LogP contribution is 2.76. The van der Waals surface area contributed by atoms with Gasteiger partial charge >= 0.3 is 17.9 Å². The first-order valence-corrected chi connectivity index (χ1v) is 40.4. The molecule has 41 nitrogen and oxygen atoms in total. The lowest BCUT2D eigenvalue weighted by atomic mass is 9.33. The topological polar surface area (TPSA) is 661 Å². The highest BCUT2D eigenvalue weighted by Gasteiger charge is 2.72. The summed E-state index contributed by atoms with van der Waals surface area (Å²) in [4.78, 5) is 60.7. The molecule has 0 radical (unpaired) electrons. The van der Waals surface area contributed by atoms with Gasteiger partial charge in [-0.15, -0.1) is 0 Å². The third kappa shape index (κ3) is 17.1. The molecule has 0 spiro atoms. The second-order valence-corrected chi connectivity index (χ2v) is 35.9. The van der Waals surface area contributed by atoms with Gasteiger partial charge in [0.2, 0.25) is 6.29 Å². The highest BCUT2D eigenvalue weighted by molar-refractivity contribution is 5.79. The van der Waals surface area contributed by atoms with E-state index in [1.807, 2.05) is 0 Å². The number of fused-ring (bicyclic) bond motifs is 7. The van der Waals surface area contributed by atoms with Gasteiger partial charge in [0.25, 0.3) is 0 Å². The van der Waals surface area contributed by atoms with Gasteiger partial charge in [-0.1, -0.05) is 53.2 Å². The maximum absolute atomic E-state index is 16.0. The molecular formula is C76H122N4O37. The third-order valence-corrected chi connectivity index (χ3v) is 28.3. The van der Waals surface area contributed by atoms with E-state index in [1.165, 1.54) is 13.8 Å². The van der Waals surface area contributed by atoms with E-state index in [2.05, 4.69) is 45.7 Å². The van der Waals surface area contributed by atoms with Crippen molar-refractivity contribution >= 4 is 30.2 Å². The Morgan fingerprint density at radius 3 is 1.70 bits per heavy atom. The van der Waals surface area contributed by atoms with Gasteiger partial charge in [0.05, 0.1) is 55.6 Å². The number of ether oxygens (including phenoxy) is 15. The maximum atomic E-state index is 16.0. The van der Waals surface area contributed by atoms with Gasteiger partial charge in [0.1, 0.15) is 141 Å². The van der Waals surface area contributed by atoms with Crippen LogP contribution in [0.15, 0.2) is 16.6 Å². The van der Waals surface area contributed by atoms with Gasteiger partial charge in [0.15, 0.2) is 62.0 Å². The van der Waals surface area contributed by atoms with Gasteiger partial charge in [-0.05, 0) is 130 Å². The van der Waals surface area contributed by atoms with Crippen molar-refractivity contribution in [3.8, 4) is 0 Å². The van der Waals surface area contributed by atoms with Crippen LogP contribution in [0.4, 0.5) is 0 Å². The summed E-state index contributed by atoms with van der Waals surface area (Å²) in [5, 5.41) is 200. The minimum absolute atomic E-state index is 0.0225. The molecule has 43 unspecified atom stereocenters. The first kappa shape index (κ1) is 92.0. The fraction of sp³-hybridized carbons (Fsp3) is 0.908. The molecule has 7 aliphatic heterocycles. The van der Waals surface area contributed by atoms with E-state index < -0.39 is 298 Å². The summed E-state index contributed by atoms with van der Waals surface area (Å²) in [6, 6.07) is -1.34. The van der Waals surface area contributed by atoms with Crippen molar-refractivity contribution in [1.82, 2.24) is 0 Å². The summed E-state index contributed by atoms with van der Waals surface area (Å²) >= 11 is 0. The Labute approximate surface area is 674 Å². The number of carbonyl (C=O) groups is 4. The van der Waals surface area contributed by atoms with Gasteiger partial charge in [-0.2, -0.15) is 0 Å². The third-order valence-electron chi connectivity index (χ3n) is 28.3. The molecule has 5 aliphatic carbocycles. The number of aliphatic hydroxyl groups is 17. The molecule has 668 valence electrons. The molecule has 0 bridgehead atoms. The van der Waals surface area contributed by atoms with Crippen LogP contribution in [0.25, 0.3) is 0 Å². The summed E-state index contributed by atoms with van der Waals surface area (Å²) in [6.07, 6.45) is -55.6. The number of aldehydes is 1. The van der Waals surface area contributed by atoms with Crippen LogP contribution in [0.1, 0.15) is 132 Å². The second-order valence-electron chi connectivity index (χ2n) is 35.9. The van der Waals surface area contributed by atoms with Crippen LogP contribution in [0.5, 0.6) is 0 Å². The standard InChI is InChI=1S/C76H122N4O37/c1-28-40(86)46(92)58(115-65-52(98)56(53(29(2)106-65)111-62-47(93)41(87)33(84)25-103-62)113-66-51(97)54(44(90)36(24-82)108-66)110-61(101)32(77)10-9-21-80-70(78)79)67(105-28)117-69(102)76-19-17-71(3,4)22-31(76)30-11-12-38-72(5)15-14-39(73(6,27-83)37(72)13-16-75(38,8)74(30,7)18-20-76)109-68-59(116-64-49(95)45(91)43(89)35(23-81)107-64)55(50(96)57(114-68)60(99)100)112-63-48(94)42(88)34(85)26-104-63/h11,27-29,31-59,62-68,81-82,84-98H,9-10,12-26,77H2,1-8H3,(H,99,100)(H4,78,79,80). The fourth-order valence-electron chi connectivity index (χ4n) is 21.1. The van der Waals surface area contributed by atoms with Crippen molar-refractivity contribution in [3.63, 3.8) is 0 Å². The maximum Gasteiger partial charge on any atom is 0.335 e. The van der Waals surface area contributed by atoms with Crippen molar-refractivity contribution < 1.29 is 182 Å². The molecule has 117 heavy (non-hydrogen) atoms. The number of aliphatic imine (C=N–C) groups is 1. The molecular weight excluding hydrogens is 1560 g/mol. The number of nitrogens with two attached hydrogens (primary N) is 3. The Bertz CT molecular complexity index is 3500. The molecule has 0 aromatic rings. The molecule has 11 fully saturated rings. The quantitative estimate of drug-likeness (QED) is 0.00812. The highest BCUT2D eigenvalue weighted by atomic mass is 16.8. The molecule has 24 N–H and O–H groups in total. The van der Waals surface area contributed by atoms with Crippen LogP contribution < -0.4 is 17.2 Å². The molecule has 43 atom stereocenters. The largest absolute Gasteiger partial charge is 0.479 e. The van der Waals surface area contributed by atoms with E-state index in [-0.39, 0.29) is 49.5 Å². The van der Waals surface area contributed by atoms with E-state index in [0.717, 1.165) is 11.9 Å². The Hall–Kier alpha value is -4.15. The van der Waals surface area contributed by atoms with Crippen molar-refractivity contribution in [2.75, 3.05) is 33.0 Å². The van der Waals surface area contributed by atoms with Crippen molar-refractivity contribution in [3.05, 3.63) is 11.6 Å². The summed E-state index contributed by atoms with van der Waals surface area (Å²) < 4.78 is 91.4.